The maximum atomic E-state index is 5.93. The molecule has 1 aromatic carbocycles. The van der Waals surface area contributed by atoms with Crippen LogP contribution in [0.1, 0.15) is 24.8 Å². The Balaban J connectivity index is 1.79. The van der Waals surface area contributed by atoms with Crippen molar-refractivity contribution in [2.75, 3.05) is 36.8 Å². The average Bonchev–Trinajstić information content (AvgIpc) is 2.41. The van der Waals surface area contributed by atoms with Gasteiger partial charge in [-0.05, 0) is 44.0 Å². The first-order valence-electron chi connectivity index (χ1n) is 7.09. The van der Waals surface area contributed by atoms with E-state index in [1.165, 1.54) is 50.1 Å². The van der Waals surface area contributed by atoms with Crippen molar-refractivity contribution in [3.05, 3.63) is 23.8 Å². The standard InChI is InChI=1S/C15H23N3/c1-12-5-6-13(16)10-15(12)18-9-8-17-7-3-2-4-14(17)11-18/h5-6,10,14H,2-4,7-9,11,16H2,1H3. The molecule has 0 saturated carbocycles. The van der Waals surface area contributed by atoms with Crippen molar-refractivity contribution >= 4 is 11.4 Å². The third kappa shape index (κ3) is 2.19. The Kier molecular flexibility index (Phi) is 3.16. The number of fused-ring (bicyclic) bond motifs is 1. The highest BCUT2D eigenvalue weighted by Gasteiger charge is 2.29. The molecule has 2 heterocycles. The van der Waals surface area contributed by atoms with Gasteiger partial charge in [0.05, 0.1) is 0 Å². The van der Waals surface area contributed by atoms with Gasteiger partial charge in [0.25, 0.3) is 0 Å². The van der Waals surface area contributed by atoms with Crippen LogP contribution in [0, 0.1) is 6.92 Å². The minimum absolute atomic E-state index is 0.758. The number of aryl methyl sites for hydroxylation is 1. The molecule has 0 aliphatic carbocycles. The highest BCUT2D eigenvalue weighted by Crippen LogP contribution is 2.28. The highest BCUT2D eigenvalue weighted by atomic mass is 15.3. The molecule has 3 rings (SSSR count). The number of rotatable bonds is 1. The van der Waals surface area contributed by atoms with Crippen LogP contribution < -0.4 is 10.6 Å². The van der Waals surface area contributed by atoms with Gasteiger partial charge in [-0.3, -0.25) is 4.90 Å². The zero-order valence-corrected chi connectivity index (χ0v) is 11.2. The molecule has 98 valence electrons. The summed E-state index contributed by atoms with van der Waals surface area (Å²) in [5.41, 5.74) is 9.48. The predicted molar refractivity (Wildman–Crippen MR) is 77.0 cm³/mol. The van der Waals surface area contributed by atoms with Gasteiger partial charge < -0.3 is 10.6 Å². The average molecular weight is 245 g/mol. The minimum Gasteiger partial charge on any atom is -0.399 e. The summed E-state index contributed by atoms with van der Waals surface area (Å²) in [6.07, 6.45) is 4.14. The second-order valence-electron chi connectivity index (χ2n) is 5.68. The molecule has 0 amide bonds. The van der Waals surface area contributed by atoms with Crippen molar-refractivity contribution < 1.29 is 0 Å². The third-order valence-corrected chi connectivity index (χ3v) is 4.41. The van der Waals surface area contributed by atoms with Gasteiger partial charge in [-0.25, -0.2) is 0 Å². The number of nitrogens with two attached hydrogens (primary N) is 1. The largest absolute Gasteiger partial charge is 0.399 e. The second-order valence-corrected chi connectivity index (χ2v) is 5.68. The van der Waals surface area contributed by atoms with Gasteiger partial charge in [0.15, 0.2) is 0 Å². The number of piperazine rings is 1. The van der Waals surface area contributed by atoms with Gasteiger partial charge in [-0.2, -0.15) is 0 Å². The van der Waals surface area contributed by atoms with Crippen LogP contribution in [0.5, 0.6) is 0 Å². The van der Waals surface area contributed by atoms with E-state index in [-0.39, 0.29) is 0 Å². The molecule has 0 bridgehead atoms. The molecule has 3 nitrogen and oxygen atoms in total. The lowest BCUT2D eigenvalue weighted by molar-refractivity contribution is 0.133. The molecule has 0 aromatic heterocycles. The number of hydrogen-bond donors (Lipinski definition) is 1. The van der Waals surface area contributed by atoms with E-state index in [1.807, 2.05) is 6.07 Å². The summed E-state index contributed by atoms with van der Waals surface area (Å²) < 4.78 is 0. The van der Waals surface area contributed by atoms with Crippen LogP contribution >= 0.6 is 0 Å². The van der Waals surface area contributed by atoms with E-state index >= 15 is 0 Å². The molecule has 3 heteroatoms. The molecule has 1 aromatic rings. The fraction of sp³-hybridized carbons (Fsp3) is 0.600. The van der Waals surface area contributed by atoms with E-state index in [0.717, 1.165) is 18.3 Å². The van der Waals surface area contributed by atoms with E-state index in [9.17, 15) is 0 Å². The molecule has 1 atom stereocenters. The summed E-state index contributed by atoms with van der Waals surface area (Å²) in [5, 5.41) is 0. The molecule has 1 unspecified atom stereocenters. The Bertz CT molecular complexity index is 430. The highest BCUT2D eigenvalue weighted by molar-refractivity contribution is 5.61. The monoisotopic (exact) mass is 245 g/mol. The van der Waals surface area contributed by atoms with Crippen molar-refractivity contribution in [3.8, 4) is 0 Å². The zero-order valence-electron chi connectivity index (χ0n) is 11.2. The molecular formula is C15H23N3. The Morgan fingerprint density at radius 3 is 2.94 bits per heavy atom. The molecule has 2 fully saturated rings. The quantitative estimate of drug-likeness (QED) is 0.770. The van der Waals surface area contributed by atoms with Gasteiger partial charge in [0, 0.05) is 37.1 Å². The fourth-order valence-electron chi connectivity index (χ4n) is 3.34. The number of piperidine rings is 1. The van der Waals surface area contributed by atoms with Crippen LogP contribution in [-0.2, 0) is 0 Å². The summed E-state index contributed by atoms with van der Waals surface area (Å²) in [6, 6.07) is 7.02. The Morgan fingerprint density at radius 2 is 2.06 bits per heavy atom. The number of anilines is 2. The first-order chi connectivity index (χ1) is 8.74. The van der Waals surface area contributed by atoms with Crippen molar-refractivity contribution in [1.82, 2.24) is 4.90 Å². The van der Waals surface area contributed by atoms with Crippen LogP contribution in [0.2, 0.25) is 0 Å². The molecule has 0 radical (unpaired) electrons. The van der Waals surface area contributed by atoms with E-state index in [0.29, 0.717) is 0 Å². The van der Waals surface area contributed by atoms with Crippen LogP contribution in [0.25, 0.3) is 0 Å². The van der Waals surface area contributed by atoms with Gasteiger partial charge in [-0.15, -0.1) is 0 Å². The topological polar surface area (TPSA) is 32.5 Å². The van der Waals surface area contributed by atoms with Gasteiger partial charge in [0.1, 0.15) is 0 Å². The maximum absolute atomic E-state index is 5.93. The third-order valence-electron chi connectivity index (χ3n) is 4.41. The summed E-state index contributed by atoms with van der Waals surface area (Å²) in [6.45, 7) is 7.00. The predicted octanol–water partition coefficient (Wildman–Crippen LogP) is 2.25. The number of nitrogens with zero attached hydrogens (tertiary/aromatic N) is 2. The summed E-state index contributed by atoms with van der Waals surface area (Å²) >= 11 is 0. The van der Waals surface area contributed by atoms with Crippen LogP contribution in [0.15, 0.2) is 18.2 Å². The van der Waals surface area contributed by atoms with Crippen molar-refractivity contribution in [2.45, 2.75) is 32.2 Å². The van der Waals surface area contributed by atoms with E-state index in [1.54, 1.807) is 0 Å². The second kappa shape index (κ2) is 4.81. The van der Waals surface area contributed by atoms with Gasteiger partial charge in [-0.1, -0.05) is 12.5 Å². The summed E-state index contributed by atoms with van der Waals surface area (Å²) in [7, 11) is 0. The Morgan fingerprint density at radius 1 is 1.17 bits per heavy atom. The Labute approximate surface area is 110 Å². The first-order valence-corrected chi connectivity index (χ1v) is 7.09. The molecule has 2 aliphatic heterocycles. The molecule has 18 heavy (non-hydrogen) atoms. The van der Waals surface area contributed by atoms with Crippen LogP contribution in [-0.4, -0.2) is 37.1 Å². The maximum Gasteiger partial charge on any atom is 0.0417 e. The minimum atomic E-state index is 0.758. The lowest BCUT2D eigenvalue weighted by Crippen LogP contribution is -2.55. The summed E-state index contributed by atoms with van der Waals surface area (Å²) in [5.74, 6) is 0. The number of hydrogen-bond acceptors (Lipinski definition) is 3. The van der Waals surface area contributed by atoms with E-state index < -0.39 is 0 Å². The van der Waals surface area contributed by atoms with E-state index in [4.69, 9.17) is 5.73 Å². The molecule has 2 N–H and O–H groups in total. The van der Waals surface area contributed by atoms with Crippen molar-refractivity contribution in [2.24, 2.45) is 0 Å². The van der Waals surface area contributed by atoms with Gasteiger partial charge >= 0.3 is 0 Å². The molecule has 2 aliphatic rings. The molecule has 0 spiro atoms. The van der Waals surface area contributed by atoms with Crippen molar-refractivity contribution in [3.63, 3.8) is 0 Å². The fourth-order valence-corrected chi connectivity index (χ4v) is 3.34. The lowest BCUT2D eigenvalue weighted by atomic mass is 9.98. The smallest absolute Gasteiger partial charge is 0.0417 e. The Hall–Kier alpha value is -1.22. The van der Waals surface area contributed by atoms with Gasteiger partial charge in [0.2, 0.25) is 0 Å². The van der Waals surface area contributed by atoms with E-state index in [2.05, 4.69) is 28.9 Å². The van der Waals surface area contributed by atoms with Crippen molar-refractivity contribution in [1.29, 1.82) is 0 Å². The normalized spacial score (nSPS) is 24.9. The van der Waals surface area contributed by atoms with Crippen LogP contribution in [0.3, 0.4) is 0 Å². The first kappa shape index (κ1) is 11.8. The zero-order chi connectivity index (χ0) is 12.5. The SMILES string of the molecule is Cc1ccc(N)cc1N1CCN2CCCCC2C1. The van der Waals surface area contributed by atoms with Crippen LogP contribution in [0.4, 0.5) is 11.4 Å². The molecular weight excluding hydrogens is 222 g/mol. The number of benzene rings is 1. The summed E-state index contributed by atoms with van der Waals surface area (Å²) in [4.78, 5) is 5.19. The molecule has 2 saturated heterocycles. The lowest BCUT2D eigenvalue weighted by Gasteiger charge is -2.45. The number of nitrogen functional groups attached to an aromatic ring is 1.